The Kier molecular flexibility index (Phi) is 8.65. The molecule has 0 bridgehead atoms. The van der Waals surface area contributed by atoms with Gasteiger partial charge in [-0.3, -0.25) is 4.57 Å². The molecule has 41 heavy (non-hydrogen) atoms. The number of aryl methyl sites for hydroxylation is 2. The average molecular weight is 593 g/mol. The Morgan fingerprint density at radius 2 is 1.66 bits per heavy atom. The van der Waals surface area contributed by atoms with E-state index >= 15 is 0 Å². The van der Waals surface area contributed by atoms with Gasteiger partial charge in [0.1, 0.15) is 11.6 Å². The zero-order chi connectivity index (χ0) is 30.0. The zero-order valence-electron chi connectivity index (χ0n) is 24.9. The Labute approximate surface area is 244 Å². The third-order valence-electron chi connectivity index (χ3n) is 7.64. The largest absolute Gasteiger partial charge is 0.543 e. The second-order valence-corrected chi connectivity index (χ2v) is 18.2. The number of sulfonamides is 1. The second kappa shape index (κ2) is 11.7. The number of aromatic nitrogens is 2. The van der Waals surface area contributed by atoms with Gasteiger partial charge in [0, 0.05) is 24.7 Å². The van der Waals surface area contributed by atoms with Gasteiger partial charge in [-0.15, -0.1) is 0 Å². The molecular weight excluding hydrogens is 553 g/mol. The van der Waals surface area contributed by atoms with Gasteiger partial charge in [0.15, 0.2) is 0 Å². The summed E-state index contributed by atoms with van der Waals surface area (Å²) >= 11 is 0. The molecule has 218 valence electrons. The van der Waals surface area contributed by atoms with Crippen molar-refractivity contribution in [1.29, 1.82) is 0 Å². The van der Waals surface area contributed by atoms with E-state index in [0.717, 1.165) is 45.8 Å². The summed E-state index contributed by atoms with van der Waals surface area (Å²) in [7, 11) is -5.88. The molecule has 0 saturated heterocycles. The monoisotopic (exact) mass is 592 g/mol. The molecule has 0 saturated carbocycles. The Morgan fingerprint density at radius 3 is 2.27 bits per heavy atom. The fourth-order valence-electron chi connectivity index (χ4n) is 4.21. The number of amides is 2. The van der Waals surface area contributed by atoms with Crippen LogP contribution in [-0.4, -0.2) is 38.9 Å². The standard InChI is InChI=1S/C31H40N4O4SSi/c1-8-29-33-27-21-25(39-41(6,7)31(3,4)5)15-18-28(27)35(29)24-13-11-23(12-14-24)19-20-32-30(36)34-40(37,38)26-16-9-22(2)10-17-26/h9-18,21H,8,19-20H2,1-7H3,(H2,32,34,36). The Balaban J connectivity index is 1.42. The molecule has 0 aliphatic rings. The summed E-state index contributed by atoms with van der Waals surface area (Å²) in [6.07, 6.45) is 1.33. The van der Waals surface area contributed by atoms with Gasteiger partial charge in [0.05, 0.1) is 15.9 Å². The maximum absolute atomic E-state index is 12.4. The number of carbonyl (C=O) groups excluding carboxylic acids is 1. The first-order valence-corrected chi connectivity index (χ1v) is 18.3. The summed E-state index contributed by atoms with van der Waals surface area (Å²) in [5.74, 6) is 1.82. The summed E-state index contributed by atoms with van der Waals surface area (Å²) in [5, 5.41) is 2.74. The van der Waals surface area contributed by atoms with Gasteiger partial charge in [0.25, 0.3) is 10.0 Å². The van der Waals surface area contributed by atoms with Gasteiger partial charge in [0.2, 0.25) is 8.32 Å². The van der Waals surface area contributed by atoms with Crippen molar-refractivity contribution in [2.75, 3.05) is 6.54 Å². The molecule has 10 heteroatoms. The molecule has 1 aromatic heterocycles. The first-order chi connectivity index (χ1) is 19.2. The second-order valence-electron chi connectivity index (χ2n) is 11.8. The van der Waals surface area contributed by atoms with E-state index in [1.165, 1.54) is 12.1 Å². The van der Waals surface area contributed by atoms with Crippen molar-refractivity contribution in [3.8, 4) is 11.4 Å². The minimum Gasteiger partial charge on any atom is -0.543 e. The summed E-state index contributed by atoms with van der Waals surface area (Å²) in [5.41, 5.74) is 4.87. The first-order valence-electron chi connectivity index (χ1n) is 13.9. The van der Waals surface area contributed by atoms with Crippen LogP contribution in [-0.2, 0) is 22.9 Å². The fraction of sp³-hybridized carbons (Fsp3) is 0.355. The molecule has 0 aliphatic heterocycles. The van der Waals surface area contributed by atoms with Crippen LogP contribution in [0.1, 0.15) is 44.6 Å². The predicted octanol–water partition coefficient (Wildman–Crippen LogP) is 6.51. The average Bonchev–Trinajstić information content (AvgIpc) is 3.26. The highest BCUT2D eigenvalue weighted by atomic mass is 32.2. The number of imidazole rings is 1. The Bertz CT molecular complexity index is 1640. The Hall–Kier alpha value is -3.63. The van der Waals surface area contributed by atoms with Gasteiger partial charge in [-0.05, 0) is 73.4 Å². The minimum atomic E-state index is -3.92. The molecule has 0 radical (unpaired) electrons. The van der Waals surface area contributed by atoms with E-state index in [2.05, 4.69) is 61.5 Å². The van der Waals surface area contributed by atoms with Gasteiger partial charge >= 0.3 is 6.03 Å². The minimum absolute atomic E-state index is 0.0478. The van der Waals surface area contributed by atoms with Crippen LogP contribution >= 0.6 is 0 Å². The van der Waals surface area contributed by atoms with Crippen LogP contribution in [0.2, 0.25) is 18.1 Å². The lowest BCUT2D eigenvalue weighted by Gasteiger charge is -2.36. The SMILES string of the molecule is CCc1nc2cc(O[Si](C)(C)C(C)(C)C)ccc2n1-c1ccc(CCNC(=O)NS(=O)(=O)c2ccc(C)cc2)cc1. The molecule has 4 rings (SSSR count). The van der Waals surface area contributed by atoms with Crippen molar-refractivity contribution in [3.63, 3.8) is 0 Å². The molecule has 3 aromatic carbocycles. The lowest BCUT2D eigenvalue weighted by molar-refractivity contribution is 0.246. The Morgan fingerprint density at radius 1 is 1.00 bits per heavy atom. The van der Waals surface area contributed by atoms with Crippen molar-refractivity contribution >= 4 is 35.4 Å². The molecule has 2 N–H and O–H groups in total. The highest BCUT2D eigenvalue weighted by molar-refractivity contribution is 7.90. The molecule has 0 unspecified atom stereocenters. The smallest absolute Gasteiger partial charge is 0.328 e. The molecule has 0 aliphatic carbocycles. The number of hydrogen-bond acceptors (Lipinski definition) is 5. The number of nitrogens with zero attached hydrogens (tertiary/aromatic N) is 2. The summed E-state index contributed by atoms with van der Waals surface area (Å²) in [4.78, 5) is 17.2. The van der Waals surface area contributed by atoms with Crippen molar-refractivity contribution in [1.82, 2.24) is 19.6 Å². The lowest BCUT2D eigenvalue weighted by atomic mass is 10.1. The summed E-state index contributed by atoms with van der Waals surface area (Å²) < 4.78 is 35.6. The molecule has 0 atom stereocenters. The molecule has 2 amide bonds. The molecule has 1 heterocycles. The van der Waals surface area contributed by atoms with Crippen LogP contribution < -0.4 is 14.5 Å². The van der Waals surface area contributed by atoms with Crippen molar-refractivity contribution in [3.05, 3.63) is 83.7 Å². The number of fused-ring (bicyclic) bond motifs is 1. The maximum atomic E-state index is 12.4. The van der Waals surface area contributed by atoms with Gasteiger partial charge in [-0.1, -0.05) is 57.5 Å². The van der Waals surface area contributed by atoms with E-state index in [0.29, 0.717) is 13.0 Å². The quantitative estimate of drug-likeness (QED) is 0.216. The van der Waals surface area contributed by atoms with E-state index in [1.807, 2.05) is 43.3 Å². The van der Waals surface area contributed by atoms with Crippen molar-refractivity contribution < 1.29 is 17.6 Å². The van der Waals surface area contributed by atoms with Gasteiger partial charge in [-0.2, -0.15) is 0 Å². The van der Waals surface area contributed by atoms with E-state index in [1.54, 1.807) is 12.1 Å². The van der Waals surface area contributed by atoms with Crippen molar-refractivity contribution in [2.24, 2.45) is 0 Å². The predicted molar refractivity (Wildman–Crippen MR) is 167 cm³/mol. The lowest BCUT2D eigenvalue weighted by Crippen LogP contribution is -2.43. The topological polar surface area (TPSA) is 102 Å². The van der Waals surface area contributed by atoms with Crippen LogP contribution in [0.3, 0.4) is 0 Å². The highest BCUT2D eigenvalue weighted by Gasteiger charge is 2.39. The summed E-state index contributed by atoms with van der Waals surface area (Å²) in [6.45, 7) is 15.4. The number of rotatable bonds is 9. The van der Waals surface area contributed by atoms with Crippen LogP contribution in [0.5, 0.6) is 5.75 Å². The van der Waals surface area contributed by atoms with Crippen LogP contribution in [0, 0.1) is 6.92 Å². The van der Waals surface area contributed by atoms with E-state index in [9.17, 15) is 13.2 Å². The van der Waals surface area contributed by atoms with E-state index in [-0.39, 0.29) is 9.93 Å². The molecule has 0 spiro atoms. The van der Waals surface area contributed by atoms with Crippen LogP contribution in [0.15, 0.2) is 71.6 Å². The number of hydrogen-bond donors (Lipinski definition) is 2. The first kappa shape index (κ1) is 30.3. The molecule has 4 aromatic rings. The highest BCUT2D eigenvalue weighted by Crippen LogP contribution is 2.38. The number of nitrogens with one attached hydrogen (secondary N) is 2. The molecule has 0 fully saturated rings. The molecular formula is C31H40N4O4SSi. The fourth-order valence-corrected chi connectivity index (χ4v) is 6.16. The van der Waals surface area contributed by atoms with E-state index in [4.69, 9.17) is 9.41 Å². The number of urea groups is 1. The van der Waals surface area contributed by atoms with Crippen LogP contribution in [0.4, 0.5) is 4.79 Å². The van der Waals surface area contributed by atoms with Crippen LogP contribution in [0.25, 0.3) is 16.7 Å². The van der Waals surface area contributed by atoms with Crippen molar-refractivity contribution in [2.45, 2.75) is 70.5 Å². The summed E-state index contributed by atoms with van der Waals surface area (Å²) in [6, 6.07) is 19.8. The van der Waals surface area contributed by atoms with Gasteiger partial charge in [-0.25, -0.2) is 22.9 Å². The third kappa shape index (κ3) is 6.99. The molecule has 8 nitrogen and oxygen atoms in total. The third-order valence-corrected chi connectivity index (χ3v) is 13.3. The van der Waals surface area contributed by atoms with Gasteiger partial charge < -0.3 is 9.74 Å². The zero-order valence-corrected chi connectivity index (χ0v) is 26.7. The number of benzene rings is 3. The van der Waals surface area contributed by atoms with E-state index < -0.39 is 24.4 Å². The maximum Gasteiger partial charge on any atom is 0.328 e. The number of carbonyl (C=O) groups is 1. The normalized spacial score (nSPS) is 12.4.